The van der Waals surface area contributed by atoms with Crippen molar-refractivity contribution in [1.29, 1.82) is 0 Å². The Bertz CT molecular complexity index is 307. The zero-order chi connectivity index (χ0) is 11.8. The van der Waals surface area contributed by atoms with Crippen molar-refractivity contribution >= 4 is 0 Å². The van der Waals surface area contributed by atoms with Crippen LogP contribution in [0.1, 0.15) is 51.9 Å². The van der Waals surface area contributed by atoms with Gasteiger partial charge in [0.25, 0.3) is 0 Å². The standard InChI is InChI=1S/C16H24O/c1-2-3-4-5-15(17)16-13-7-11-6-12(9-13)10-14(16)8-11/h11-17H,4-10H2,1H3. The molecule has 1 heteroatoms. The van der Waals surface area contributed by atoms with Crippen molar-refractivity contribution in [1.82, 2.24) is 0 Å². The highest BCUT2D eigenvalue weighted by molar-refractivity contribution is 5.01. The molecule has 1 N–H and O–H groups in total. The maximum atomic E-state index is 10.4. The van der Waals surface area contributed by atoms with Crippen LogP contribution >= 0.6 is 0 Å². The summed E-state index contributed by atoms with van der Waals surface area (Å²) in [6, 6.07) is 0. The van der Waals surface area contributed by atoms with Crippen molar-refractivity contribution in [3.05, 3.63) is 0 Å². The van der Waals surface area contributed by atoms with Gasteiger partial charge in [-0.2, -0.15) is 0 Å². The summed E-state index contributed by atoms with van der Waals surface area (Å²) >= 11 is 0. The van der Waals surface area contributed by atoms with Crippen molar-refractivity contribution in [3.8, 4) is 11.8 Å². The molecule has 1 unspecified atom stereocenters. The van der Waals surface area contributed by atoms with Crippen LogP contribution in [0.4, 0.5) is 0 Å². The van der Waals surface area contributed by atoms with E-state index in [1.807, 2.05) is 6.92 Å². The van der Waals surface area contributed by atoms with Crippen LogP contribution in [0.2, 0.25) is 0 Å². The van der Waals surface area contributed by atoms with Crippen LogP contribution in [-0.4, -0.2) is 11.2 Å². The quantitative estimate of drug-likeness (QED) is 0.741. The third-order valence-electron chi connectivity index (χ3n) is 5.49. The average molecular weight is 232 g/mol. The summed E-state index contributed by atoms with van der Waals surface area (Å²) in [5, 5.41) is 10.4. The van der Waals surface area contributed by atoms with Gasteiger partial charge in [-0.25, -0.2) is 0 Å². The van der Waals surface area contributed by atoms with Crippen LogP contribution in [0.3, 0.4) is 0 Å². The van der Waals surface area contributed by atoms with Gasteiger partial charge in [0.1, 0.15) is 0 Å². The fraction of sp³-hybridized carbons (Fsp3) is 0.875. The largest absolute Gasteiger partial charge is 0.393 e. The molecule has 0 aliphatic heterocycles. The van der Waals surface area contributed by atoms with E-state index in [4.69, 9.17) is 0 Å². The van der Waals surface area contributed by atoms with E-state index in [2.05, 4.69) is 11.8 Å². The molecule has 4 fully saturated rings. The van der Waals surface area contributed by atoms with E-state index in [-0.39, 0.29) is 6.10 Å². The monoisotopic (exact) mass is 232 g/mol. The summed E-state index contributed by atoms with van der Waals surface area (Å²) < 4.78 is 0. The van der Waals surface area contributed by atoms with E-state index in [0.717, 1.165) is 36.5 Å². The Morgan fingerprint density at radius 3 is 2.18 bits per heavy atom. The first-order valence-electron chi connectivity index (χ1n) is 7.35. The highest BCUT2D eigenvalue weighted by atomic mass is 16.3. The van der Waals surface area contributed by atoms with Gasteiger partial charge in [-0.3, -0.25) is 0 Å². The molecule has 4 aliphatic carbocycles. The van der Waals surface area contributed by atoms with Gasteiger partial charge in [0.2, 0.25) is 0 Å². The van der Waals surface area contributed by atoms with Crippen molar-refractivity contribution in [2.45, 2.75) is 58.0 Å². The summed E-state index contributed by atoms with van der Waals surface area (Å²) in [5.74, 6) is 10.3. The second-order valence-electron chi connectivity index (χ2n) is 6.54. The SMILES string of the molecule is CC#CCCC(O)C1C2CC3CC(C2)CC1C3. The number of aliphatic hydroxyl groups is 1. The van der Waals surface area contributed by atoms with Gasteiger partial charge < -0.3 is 5.11 Å². The molecule has 0 spiro atoms. The van der Waals surface area contributed by atoms with Crippen molar-refractivity contribution < 1.29 is 5.11 Å². The molecule has 17 heavy (non-hydrogen) atoms. The Hall–Kier alpha value is -0.480. The van der Waals surface area contributed by atoms with Gasteiger partial charge in [-0.15, -0.1) is 11.8 Å². The van der Waals surface area contributed by atoms with Crippen molar-refractivity contribution in [2.24, 2.45) is 29.6 Å². The molecule has 4 rings (SSSR count). The fourth-order valence-electron chi connectivity index (χ4n) is 5.13. The number of hydrogen-bond donors (Lipinski definition) is 1. The lowest BCUT2D eigenvalue weighted by Gasteiger charge is -2.55. The van der Waals surface area contributed by atoms with E-state index < -0.39 is 0 Å². The Labute approximate surface area is 105 Å². The Morgan fingerprint density at radius 2 is 1.65 bits per heavy atom. The van der Waals surface area contributed by atoms with E-state index in [9.17, 15) is 5.11 Å². The first kappa shape index (κ1) is 11.6. The zero-order valence-corrected chi connectivity index (χ0v) is 10.9. The smallest absolute Gasteiger partial charge is 0.0582 e. The topological polar surface area (TPSA) is 20.2 Å². The molecule has 0 heterocycles. The molecule has 0 aromatic heterocycles. The molecule has 1 nitrogen and oxygen atoms in total. The summed E-state index contributed by atoms with van der Waals surface area (Å²) in [5.41, 5.74) is 0. The predicted octanol–water partition coefficient (Wildman–Crippen LogP) is 3.22. The van der Waals surface area contributed by atoms with Crippen molar-refractivity contribution in [3.63, 3.8) is 0 Å². The number of aliphatic hydroxyl groups excluding tert-OH is 1. The molecule has 0 aromatic carbocycles. The summed E-state index contributed by atoms with van der Waals surface area (Å²) in [6.07, 6.45) is 8.83. The third kappa shape index (κ3) is 2.13. The van der Waals surface area contributed by atoms with Gasteiger partial charge in [-0.1, -0.05) is 0 Å². The van der Waals surface area contributed by atoms with Crippen molar-refractivity contribution in [2.75, 3.05) is 0 Å². The predicted molar refractivity (Wildman–Crippen MR) is 69.2 cm³/mol. The van der Waals surface area contributed by atoms with Crippen LogP contribution in [0.15, 0.2) is 0 Å². The molecule has 0 aromatic rings. The summed E-state index contributed by atoms with van der Waals surface area (Å²) in [4.78, 5) is 0. The maximum absolute atomic E-state index is 10.4. The van der Waals surface area contributed by atoms with Crippen LogP contribution < -0.4 is 0 Å². The second kappa shape index (κ2) is 4.65. The lowest BCUT2D eigenvalue weighted by Crippen LogP contribution is -2.49. The van der Waals surface area contributed by atoms with E-state index >= 15 is 0 Å². The van der Waals surface area contributed by atoms with E-state index in [1.54, 1.807) is 0 Å². The van der Waals surface area contributed by atoms with Crippen LogP contribution in [-0.2, 0) is 0 Å². The van der Waals surface area contributed by atoms with Gasteiger partial charge >= 0.3 is 0 Å². The molecule has 4 aliphatic rings. The molecular weight excluding hydrogens is 208 g/mol. The summed E-state index contributed by atoms with van der Waals surface area (Å²) in [6.45, 7) is 1.88. The highest BCUT2D eigenvalue weighted by Crippen LogP contribution is 2.57. The molecule has 1 atom stereocenters. The lowest BCUT2D eigenvalue weighted by atomic mass is 9.50. The first-order valence-corrected chi connectivity index (χ1v) is 7.35. The van der Waals surface area contributed by atoms with Crippen LogP contribution in [0, 0.1) is 41.4 Å². The molecule has 0 radical (unpaired) electrons. The molecule has 0 saturated heterocycles. The normalized spacial score (nSPS) is 44.2. The van der Waals surface area contributed by atoms with Gasteiger partial charge in [-0.05, 0) is 75.0 Å². The maximum Gasteiger partial charge on any atom is 0.0582 e. The Morgan fingerprint density at radius 1 is 1.06 bits per heavy atom. The van der Waals surface area contributed by atoms with Crippen LogP contribution in [0.5, 0.6) is 0 Å². The minimum atomic E-state index is -0.0779. The first-order chi connectivity index (χ1) is 8.28. The number of rotatable bonds is 3. The average Bonchev–Trinajstić information content (AvgIpc) is 2.27. The highest BCUT2D eigenvalue weighted by Gasteiger charge is 2.49. The second-order valence-corrected chi connectivity index (χ2v) is 6.54. The fourth-order valence-corrected chi connectivity index (χ4v) is 5.13. The van der Waals surface area contributed by atoms with Gasteiger partial charge in [0, 0.05) is 6.42 Å². The molecule has 0 amide bonds. The van der Waals surface area contributed by atoms with E-state index in [0.29, 0.717) is 5.92 Å². The number of hydrogen-bond acceptors (Lipinski definition) is 1. The zero-order valence-electron chi connectivity index (χ0n) is 10.9. The lowest BCUT2D eigenvalue weighted by molar-refractivity contribution is -0.0906. The van der Waals surface area contributed by atoms with Crippen LogP contribution in [0.25, 0.3) is 0 Å². The molecule has 94 valence electrons. The Balaban J connectivity index is 1.64. The third-order valence-corrected chi connectivity index (χ3v) is 5.49. The van der Waals surface area contributed by atoms with Gasteiger partial charge in [0.05, 0.1) is 6.10 Å². The molecule has 4 saturated carbocycles. The summed E-state index contributed by atoms with van der Waals surface area (Å²) in [7, 11) is 0. The minimum absolute atomic E-state index is 0.0779. The minimum Gasteiger partial charge on any atom is -0.393 e. The van der Waals surface area contributed by atoms with Gasteiger partial charge in [0.15, 0.2) is 0 Å². The molecule has 4 bridgehead atoms. The van der Waals surface area contributed by atoms with E-state index in [1.165, 1.54) is 32.1 Å². The Kier molecular flexibility index (Phi) is 3.17. The molecular formula is C16H24O.